The van der Waals surface area contributed by atoms with E-state index in [-0.39, 0.29) is 5.54 Å². The van der Waals surface area contributed by atoms with Crippen LogP contribution in [0.25, 0.3) is 0 Å². The second-order valence-corrected chi connectivity index (χ2v) is 4.31. The Kier molecular flexibility index (Phi) is 3.66. The summed E-state index contributed by atoms with van der Waals surface area (Å²) < 4.78 is 0. The third kappa shape index (κ3) is 4.44. The van der Waals surface area contributed by atoms with Crippen molar-refractivity contribution in [1.82, 2.24) is 9.97 Å². The van der Waals surface area contributed by atoms with Gasteiger partial charge in [-0.2, -0.15) is 4.98 Å². The zero-order chi connectivity index (χ0) is 11.3. The average molecular weight is 206 g/mol. The van der Waals surface area contributed by atoms with Gasteiger partial charge in [0, 0.05) is 18.3 Å². The summed E-state index contributed by atoms with van der Waals surface area (Å²) in [5.41, 5.74) is -0.0307. The molecule has 0 fully saturated rings. The summed E-state index contributed by atoms with van der Waals surface area (Å²) in [6, 6.07) is 1.83. The van der Waals surface area contributed by atoms with Crippen molar-refractivity contribution >= 4 is 11.8 Å². The standard InChI is InChI=1S/C11H18N4/c1-5-7-12-9-6-8-13-10(14-9)15-11(2,3)4/h5-6,8H,1,7H2,2-4H3,(H2,12,13,14,15). The first-order chi connectivity index (χ1) is 7.01. The molecule has 4 heteroatoms. The Bertz CT molecular complexity index is 328. The molecule has 0 aliphatic heterocycles. The van der Waals surface area contributed by atoms with Crippen LogP contribution in [0.1, 0.15) is 20.8 Å². The Morgan fingerprint density at radius 1 is 1.47 bits per heavy atom. The number of hydrogen-bond acceptors (Lipinski definition) is 4. The maximum atomic E-state index is 4.31. The average Bonchev–Trinajstić information content (AvgIpc) is 2.12. The van der Waals surface area contributed by atoms with Gasteiger partial charge in [-0.05, 0) is 26.8 Å². The fourth-order valence-electron chi connectivity index (χ4n) is 1.03. The van der Waals surface area contributed by atoms with E-state index in [4.69, 9.17) is 0 Å². The largest absolute Gasteiger partial charge is 0.366 e. The summed E-state index contributed by atoms with van der Waals surface area (Å²) in [4.78, 5) is 8.46. The summed E-state index contributed by atoms with van der Waals surface area (Å²) >= 11 is 0. The van der Waals surface area contributed by atoms with E-state index in [0.29, 0.717) is 12.5 Å². The lowest BCUT2D eigenvalue weighted by Crippen LogP contribution is -2.27. The van der Waals surface area contributed by atoms with E-state index >= 15 is 0 Å². The lowest BCUT2D eigenvalue weighted by atomic mass is 10.1. The molecule has 0 atom stereocenters. The molecule has 1 aromatic rings. The van der Waals surface area contributed by atoms with Gasteiger partial charge < -0.3 is 10.6 Å². The van der Waals surface area contributed by atoms with Crippen LogP contribution in [0.2, 0.25) is 0 Å². The van der Waals surface area contributed by atoms with Gasteiger partial charge >= 0.3 is 0 Å². The van der Waals surface area contributed by atoms with Gasteiger partial charge in [-0.1, -0.05) is 6.08 Å². The minimum Gasteiger partial charge on any atom is -0.366 e. The Hall–Kier alpha value is -1.58. The third-order valence-electron chi connectivity index (χ3n) is 1.57. The van der Waals surface area contributed by atoms with Gasteiger partial charge in [0.1, 0.15) is 5.82 Å². The smallest absolute Gasteiger partial charge is 0.224 e. The Morgan fingerprint density at radius 3 is 2.80 bits per heavy atom. The molecule has 0 aliphatic rings. The van der Waals surface area contributed by atoms with Crippen molar-refractivity contribution in [2.45, 2.75) is 26.3 Å². The first kappa shape index (κ1) is 11.5. The normalized spacial score (nSPS) is 10.9. The van der Waals surface area contributed by atoms with Crippen LogP contribution in [-0.4, -0.2) is 22.1 Å². The molecule has 0 bridgehead atoms. The van der Waals surface area contributed by atoms with Gasteiger partial charge in [-0.3, -0.25) is 0 Å². The zero-order valence-corrected chi connectivity index (χ0v) is 9.54. The lowest BCUT2D eigenvalue weighted by molar-refractivity contribution is 0.626. The number of anilines is 2. The molecular weight excluding hydrogens is 188 g/mol. The Balaban J connectivity index is 2.69. The molecule has 15 heavy (non-hydrogen) atoms. The predicted octanol–water partition coefficient (Wildman–Crippen LogP) is 2.28. The molecule has 2 N–H and O–H groups in total. The fraction of sp³-hybridized carbons (Fsp3) is 0.455. The molecule has 0 spiro atoms. The lowest BCUT2D eigenvalue weighted by Gasteiger charge is -2.20. The van der Waals surface area contributed by atoms with Gasteiger partial charge in [-0.25, -0.2) is 4.98 Å². The molecule has 1 heterocycles. The van der Waals surface area contributed by atoms with Crippen LogP contribution in [0.4, 0.5) is 11.8 Å². The molecule has 4 nitrogen and oxygen atoms in total. The summed E-state index contributed by atoms with van der Waals surface area (Å²) in [5, 5.41) is 6.32. The van der Waals surface area contributed by atoms with Gasteiger partial charge in [-0.15, -0.1) is 6.58 Å². The first-order valence-electron chi connectivity index (χ1n) is 4.97. The molecule has 82 valence electrons. The van der Waals surface area contributed by atoms with E-state index in [9.17, 15) is 0 Å². The molecule has 1 rings (SSSR count). The van der Waals surface area contributed by atoms with Crippen molar-refractivity contribution in [3.63, 3.8) is 0 Å². The van der Waals surface area contributed by atoms with Crippen molar-refractivity contribution in [2.75, 3.05) is 17.2 Å². The second-order valence-electron chi connectivity index (χ2n) is 4.31. The highest BCUT2D eigenvalue weighted by Gasteiger charge is 2.10. The molecular formula is C11H18N4. The number of rotatable bonds is 4. The van der Waals surface area contributed by atoms with Crippen molar-refractivity contribution in [1.29, 1.82) is 0 Å². The van der Waals surface area contributed by atoms with Crippen LogP contribution >= 0.6 is 0 Å². The van der Waals surface area contributed by atoms with Crippen molar-refractivity contribution in [3.8, 4) is 0 Å². The maximum Gasteiger partial charge on any atom is 0.224 e. The minimum atomic E-state index is -0.0307. The molecule has 0 saturated carbocycles. The first-order valence-corrected chi connectivity index (χ1v) is 4.97. The van der Waals surface area contributed by atoms with Crippen LogP contribution in [0.3, 0.4) is 0 Å². The molecule has 1 aromatic heterocycles. The SMILES string of the molecule is C=CCNc1ccnc(NC(C)(C)C)n1. The Morgan fingerprint density at radius 2 is 2.20 bits per heavy atom. The summed E-state index contributed by atoms with van der Waals surface area (Å²) in [6.45, 7) is 10.5. The summed E-state index contributed by atoms with van der Waals surface area (Å²) in [7, 11) is 0. The van der Waals surface area contributed by atoms with Crippen molar-refractivity contribution in [2.24, 2.45) is 0 Å². The number of aromatic nitrogens is 2. The summed E-state index contributed by atoms with van der Waals surface area (Å²) in [5.74, 6) is 1.44. The predicted molar refractivity (Wildman–Crippen MR) is 64.1 cm³/mol. The monoisotopic (exact) mass is 206 g/mol. The number of hydrogen-bond donors (Lipinski definition) is 2. The van der Waals surface area contributed by atoms with E-state index in [1.54, 1.807) is 12.3 Å². The highest BCUT2D eigenvalue weighted by molar-refractivity contribution is 5.40. The van der Waals surface area contributed by atoms with E-state index in [0.717, 1.165) is 5.82 Å². The van der Waals surface area contributed by atoms with E-state index in [1.807, 2.05) is 6.07 Å². The quantitative estimate of drug-likeness (QED) is 0.742. The molecule has 0 aromatic carbocycles. The van der Waals surface area contributed by atoms with Crippen molar-refractivity contribution < 1.29 is 0 Å². The highest BCUT2D eigenvalue weighted by atomic mass is 15.2. The molecule has 0 unspecified atom stereocenters. The second kappa shape index (κ2) is 4.77. The van der Waals surface area contributed by atoms with Gasteiger partial charge in [0.25, 0.3) is 0 Å². The summed E-state index contributed by atoms with van der Waals surface area (Å²) in [6.07, 6.45) is 3.52. The van der Waals surface area contributed by atoms with Crippen LogP contribution in [0, 0.1) is 0 Å². The molecule has 0 aliphatic carbocycles. The zero-order valence-electron chi connectivity index (χ0n) is 9.54. The fourth-order valence-corrected chi connectivity index (χ4v) is 1.03. The van der Waals surface area contributed by atoms with Crippen LogP contribution in [0.15, 0.2) is 24.9 Å². The number of nitrogens with zero attached hydrogens (tertiary/aromatic N) is 2. The topological polar surface area (TPSA) is 49.8 Å². The van der Waals surface area contributed by atoms with Crippen LogP contribution in [0.5, 0.6) is 0 Å². The van der Waals surface area contributed by atoms with Gasteiger partial charge in [0.05, 0.1) is 0 Å². The highest BCUT2D eigenvalue weighted by Crippen LogP contribution is 2.11. The van der Waals surface area contributed by atoms with E-state index in [2.05, 4.69) is 48.0 Å². The minimum absolute atomic E-state index is 0.0307. The molecule has 0 saturated heterocycles. The van der Waals surface area contributed by atoms with Crippen LogP contribution < -0.4 is 10.6 Å². The molecule has 0 amide bonds. The van der Waals surface area contributed by atoms with Crippen LogP contribution in [-0.2, 0) is 0 Å². The Labute approximate surface area is 90.8 Å². The van der Waals surface area contributed by atoms with Gasteiger partial charge in [0.15, 0.2) is 0 Å². The van der Waals surface area contributed by atoms with Crippen molar-refractivity contribution in [3.05, 3.63) is 24.9 Å². The van der Waals surface area contributed by atoms with Gasteiger partial charge in [0.2, 0.25) is 5.95 Å². The van der Waals surface area contributed by atoms with E-state index < -0.39 is 0 Å². The molecule has 0 radical (unpaired) electrons. The third-order valence-corrected chi connectivity index (χ3v) is 1.57. The maximum absolute atomic E-state index is 4.31. The van der Waals surface area contributed by atoms with E-state index in [1.165, 1.54) is 0 Å². The number of nitrogens with one attached hydrogen (secondary N) is 2.